The van der Waals surface area contributed by atoms with E-state index in [1.807, 2.05) is 24.3 Å². The second-order valence-corrected chi connectivity index (χ2v) is 5.91. The van der Waals surface area contributed by atoms with Crippen LogP contribution in [0.25, 0.3) is 0 Å². The van der Waals surface area contributed by atoms with Crippen LogP contribution in [0.15, 0.2) is 42.5 Å². The lowest BCUT2D eigenvalue weighted by molar-refractivity contribution is 0.145. The molecule has 0 aromatic heterocycles. The smallest absolute Gasteiger partial charge is 0.127 e. The van der Waals surface area contributed by atoms with Gasteiger partial charge in [0.2, 0.25) is 0 Å². The Balaban J connectivity index is 1.73. The van der Waals surface area contributed by atoms with Gasteiger partial charge in [-0.15, -0.1) is 0 Å². The van der Waals surface area contributed by atoms with Crippen LogP contribution in [-0.2, 0) is 6.54 Å². The number of benzene rings is 2. The van der Waals surface area contributed by atoms with Crippen LogP contribution in [0.5, 0.6) is 5.75 Å². The Hall–Kier alpha value is -2.27. The summed E-state index contributed by atoms with van der Waals surface area (Å²) in [4.78, 5) is 2.25. The van der Waals surface area contributed by atoms with Crippen LogP contribution in [0.4, 0.5) is 15.8 Å². The zero-order chi connectivity index (χ0) is 16.2. The quantitative estimate of drug-likeness (QED) is 0.811. The lowest BCUT2D eigenvalue weighted by Gasteiger charge is -2.33. The Morgan fingerprint density at radius 1 is 1.13 bits per heavy atom. The third-order valence-electron chi connectivity index (χ3n) is 4.13. The lowest BCUT2D eigenvalue weighted by atomic mass is 10.1. The number of hydrogen-bond donors (Lipinski definition) is 3. The van der Waals surface area contributed by atoms with Gasteiger partial charge < -0.3 is 20.4 Å². The molecule has 2 aromatic carbocycles. The van der Waals surface area contributed by atoms with Gasteiger partial charge in [0.15, 0.2) is 0 Å². The first-order chi connectivity index (χ1) is 11.1. The summed E-state index contributed by atoms with van der Waals surface area (Å²) in [6.45, 7) is 2.07. The molecule has 3 N–H and O–H groups in total. The number of phenols is 1. The van der Waals surface area contributed by atoms with Gasteiger partial charge in [-0.2, -0.15) is 0 Å². The highest BCUT2D eigenvalue weighted by molar-refractivity contribution is 5.70. The van der Waals surface area contributed by atoms with E-state index in [1.165, 1.54) is 6.07 Å². The lowest BCUT2D eigenvalue weighted by Crippen LogP contribution is -2.36. The molecule has 1 aliphatic heterocycles. The SMILES string of the molecule is Oc1cc(F)cc(CNc2ccccc2N2CCC(O)CC2)c1. The molecule has 0 aliphatic carbocycles. The molecule has 0 amide bonds. The Bertz CT molecular complexity index is 650. The van der Waals surface area contributed by atoms with E-state index in [2.05, 4.69) is 10.2 Å². The molecule has 0 saturated carbocycles. The van der Waals surface area contributed by atoms with E-state index in [0.717, 1.165) is 43.4 Å². The van der Waals surface area contributed by atoms with Crippen molar-refractivity contribution in [3.8, 4) is 5.75 Å². The van der Waals surface area contributed by atoms with Crippen LogP contribution in [0.1, 0.15) is 18.4 Å². The van der Waals surface area contributed by atoms with Gasteiger partial charge in [-0.1, -0.05) is 12.1 Å². The number of anilines is 2. The average Bonchev–Trinajstić information content (AvgIpc) is 2.53. The maximum absolute atomic E-state index is 13.3. The predicted molar refractivity (Wildman–Crippen MR) is 89.3 cm³/mol. The van der Waals surface area contributed by atoms with Crippen molar-refractivity contribution in [3.05, 3.63) is 53.8 Å². The number of aliphatic hydroxyl groups is 1. The number of aliphatic hydroxyl groups excluding tert-OH is 1. The molecule has 1 heterocycles. The highest BCUT2D eigenvalue weighted by atomic mass is 19.1. The number of hydrogen-bond acceptors (Lipinski definition) is 4. The van der Waals surface area contributed by atoms with Gasteiger partial charge in [0.1, 0.15) is 11.6 Å². The fourth-order valence-electron chi connectivity index (χ4n) is 2.94. The average molecular weight is 316 g/mol. The van der Waals surface area contributed by atoms with Gasteiger partial charge in [0.25, 0.3) is 0 Å². The van der Waals surface area contributed by atoms with Crippen LogP contribution < -0.4 is 10.2 Å². The zero-order valence-corrected chi connectivity index (χ0v) is 12.9. The zero-order valence-electron chi connectivity index (χ0n) is 12.9. The summed E-state index contributed by atoms with van der Waals surface area (Å²) in [5.74, 6) is -0.514. The fourth-order valence-corrected chi connectivity index (χ4v) is 2.94. The number of rotatable bonds is 4. The molecule has 0 unspecified atom stereocenters. The molecule has 4 nitrogen and oxygen atoms in total. The van der Waals surface area contributed by atoms with Gasteiger partial charge in [0, 0.05) is 25.7 Å². The molecule has 1 aliphatic rings. The molecule has 2 aromatic rings. The normalized spacial score (nSPS) is 15.7. The van der Waals surface area contributed by atoms with Crippen molar-refractivity contribution in [2.75, 3.05) is 23.3 Å². The highest BCUT2D eigenvalue weighted by Crippen LogP contribution is 2.29. The number of aromatic hydroxyl groups is 1. The number of phenolic OH excluding ortho intramolecular Hbond substituents is 1. The molecule has 0 atom stereocenters. The van der Waals surface area contributed by atoms with Gasteiger partial charge >= 0.3 is 0 Å². The first-order valence-corrected chi connectivity index (χ1v) is 7.86. The van der Waals surface area contributed by atoms with Crippen LogP contribution in [0.3, 0.4) is 0 Å². The van der Waals surface area contributed by atoms with E-state index in [0.29, 0.717) is 12.1 Å². The van der Waals surface area contributed by atoms with E-state index in [4.69, 9.17) is 0 Å². The molecule has 5 heteroatoms. The highest BCUT2D eigenvalue weighted by Gasteiger charge is 2.19. The fraction of sp³-hybridized carbons (Fsp3) is 0.333. The summed E-state index contributed by atoms with van der Waals surface area (Å²) in [7, 11) is 0. The van der Waals surface area contributed by atoms with E-state index in [1.54, 1.807) is 6.07 Å². The van der Waals surface area contributed by atoms with Crippen LogP contribution in [0, 0.1) is 5.82 Å². The number of nitrogens with zero attached hydrogens (tertiary/aromatic N) is 1. The van der Waals surface area contributed by atoms with E-state index < -0.39 is 5.82 Å². The predicted octanol–water partition coefficient (Wildman–Crippen LogP) is 3.10. The molecule has 0 bridgehead atoms. The van der Waals surface area contributed by atoms with Crippen molar-refractivity contribution in [2.45, 2.75) is 25.5 Å². The minimum absolute atomic E-state index is 0.0693. The summed E-state index contributed by atoms with van der Waals surface area (Å²) in [6.07, 6.45) is 1.33. The first kappa shape index (κ1) is 15.6. The second-order valence-electron chi connectivity index (χ2n) is 5.91. The monoisotopic (exact) mass is 316 g/mol. The molecule has 0 spiro atoms. The Labute approximate surface area is 135 Å². The Morgan fingerprint density at radius 2 is 1.87 bits per heavy atom. The summed E-state index contributed by atoms with van der Waals surface area (Å²) in [6, 6.07) is 12.0. The molecule has 3 rings (SSSR count). The minimum Gasteiger partial charge on any atom is -0.508 e. The van der Waals surface area contributed by atoms with Gasteiger partial charge in [0.05, 0.1) is 17.5 Å². The number of halogens is 1. The Kier molecular flexibility index (Phi) is 4.67. The molecule has 23 heavy (non-hydrogen) atoms. The molecule has 0 radical (unpaired) electrons. The minimum atomic E-state index is -0.444. The van der Waals surface area contributed by atoms with Crippen LogP contribution in [-0.4, -0.2) is 29.4 Å². The summed E-state index contributed by atoms with van der Waals surface area (Å²) in [5, 5.41) is 22.4. The summed E-state index contributed by atoms with van der Waals surface area (Å²) in [5.41, 5.74) is 2.74. The van der Waals surface area contributed by atoms with E-state index >= 15 is 0 Å². The molecule has 1 saturated heterocycles. The third-order valence-corrected chi connectivity index (χ3v) is 4.13. The van der Waals surface area contributed by atoms with Crippen molar-refractivity contribution >= 4 is 11.4 Å². The van der Waals surface area contributed by atoms with Crippen molar-refractivity contribution in [1.29, 1.82) is 0 Å². The maximum Gasteiger partial charge on any atom is 0.127 e. The van der Waals surface area contributed by atoms with Crippen LogP contribution in [0.2, 0.25) is 0 Å². The molecule has 122 valence electrons. The Morgan fingerprint density at radius 3 is 2.61 bits per heavy atom. The maximum atomic E-state index is 13.3. The van der Waals surface area contributed by atoms with Crippen molar-refractivity contribution in [2.24, 2.45) is 0 Å². The van der Waals surface area contributed by atoms with Gasteiger partial charge in [-0.3, -0.25) is 0 Å². The van der Waals surface area contributed by atoms with Crippen molar-refractivity contribution in [3.63, 3.8) is 0 Å². The largest absolute Gasteiger partial charge is 0.508 e. The summed E-state index contributed by atoms with van der Waals surface area (Å²) >= 11 is 0. The molecular weight excluding hydrogens is 295 g/mol. The number of nitrogens with one attached hydrogen (secondary N) is 1. The first-order valence-electron chi connectivity index (χ1n) is 7.86. The number of piperidine rings is 1. The van der Waals surface area contributed by atoms with Crippen molar-refractivity contribution in [1.82, 2.24) is 0 Å². The van der Waals surface area contributed by atoms with Gasteiger partial charge in [-0.25, -0.2) is 4.39 Å². The van der Waals surface area contributed by atoms with Gasteiger partial charge in [-0.05, 0) is 42.7 Å². The van der Waals surface area contributed by atoms with Crippen molar-refractivity contribution < 1.29 is 14.6 Å². The standard InChI is InChI=1S/C18H21FN2O2/c19-14-9-13(10-16(23)11-14)12-20-17-3-1-2-4-18(17)21-7-5-15(22)6-8-21/h1-4,9-11,15,20,22-23H,5-8,12H2. The summed E-state index contributed by atoms with van der Waals surface area (Å²) < 4.78 is 13.3. The van der Waals surface area contributed by atoms with E-state index in [9.17, 15) is 14.6 Å². The molecule has 1 fully saturated rings. The molecular formula is C18H21FN2O2. The van der Waals surface area contributed by atoms with E-state index in [-0.39, 0.29) is 11.9 Å². The third kappa shape index (κ3) is 3.93. The topological polar surface area (TPSA) is 55.7 Å². The van der Waals surface area contributed by atoms with Crippen LogP contribution >= 0.6 is 0 Å². The number of para-hydroxylation sites is 2. The second kappa shape index (κ2) is 6.87.